The van der Waals surface area contributed by atoms with Crippen molar-refractivity contribution >= 4 is 5.91 Å². The van der Waals surface area contributed by atoms with Gasteiger partial charge in [-0.1, -0.05) is 20.8 Å². The first kappa shape index (κ1) is 16.8. The quantitative estimate of drug-likeness (QED) is 0.865. The van der Waals surface area contributed by atoms with E-state index in [0.717, 1.165) is 32.2 Å². The van der Waals surface area contributed by atoms with Crippen molar-refractivity contribution in [2.45, 2.75) is 84.1 Å². The zero-order valence-electron chi connectivity index (χ0n) is 14.6. The summed E-state index contributed by atoms with van der Waals surface area (Å²) >= 11 is 0. The van der Waals surface area contributed by atoms with Crippen molar-refractivity contribution in [2.24, 2.45) is 5.92 Å². The molecule has 0 aromatic rings. The summed E-state index contributed by atoms with van der Waals surface area (Å²) in [6.07, 6.45) is 4.31. The van der Waals surface area contributed by atoms with E-state index in [4.69, 9.17) is 0 Å². The molecule has 4 atom stereocenters. The minimum Gasteiger partial charge on any atom is -0.322 e. The van der Waals surface area contributed by atoms with Crippen LogP contribution in [0, 0.1) is 5.92 Å². The molecule has 2 fully saturated rings. The Morgan fingerprint density at radius 1 is 1.43 bits per heavy atom. The lowest BCUT2D eigenvalue weighted by Gasteiger charge is -2.41. The Hall–Kier alpha value is -0.610. The van der Waals surface area contributed by atoms with Gasteiger partial charge in [-0.2, -0.15) is 0 Å². The third-order valence-corrected chi connectivity index (χ3v) is 5.50. The first-order valence-electron chi connectivity index (χ1n) is 8.59. The fraction of sp³-hybridized carbons (Fsp3) is 0.941. The summed E-state index contributed by atoms with van der Waals surface area (Å²) in [6, 6.07) is 0.957. The summed E-state index contributed by atoms with van der Waals surface area (Å²) < 4.78 is 0. The van der Waals surface area contributed by atoms with E-state index in [9.17, 15) is 4.79 Å². The third-order valence-electron chi connectivity index (χ3n) is 5.50. The highest BCUT2D eigenvalue weighted by Gasteiger charge is 2.49. The number of carbonyl (C=O) groups excluding carboxylic acids is 1. The van der Waals surface area contributed by atoms with Gasteiger partial charge < -0.3 is 9.80 Å². The number of amides is 1. The summed E-state index contributed by atoms with van der Waals surface area (Å²) in [5.41, 5.74) is -0.369. The highest BCUT2D eigenvalue weighted by molar-refractivity contribution is 5.88. The van der Waals surface area contributed by atoms with Crippen LogP contribution < -0.4 is 5.32 Å². The summed E-state index contributed by atoms with van der Waals surface area (Å²) in [5.74, 6) is 0.915. The molecule has 0 saturated carbocycles. The van der Waals surface area contributed by atoms with Crippen molar-refractivity contribution in [3.8, 4) is 0 Å². The van der Waals surface area contributed by atoms with Gasteiger partial charge in [-0.3, -0.25) is 10.1 Å². The first-order chi connectivity index (χ1) is 9.78. The number of likely N-dealkylation sites (tertiary alicyclic amines) is 1. The lowest BCUT2D eigenvalue weighted by molar-refractivity contribution is -0.136. The molecular formula is C17H33N3O. The lowest BCUT2D eigenvalue weighted by atomic mass is 9.94. The van der Waals surface area contributed by atoms with E-state index in [1.807, 2.05) is 0 Å². The Kier molecular flexibility index (Phi) is 4.99. The minimum absolute atomic E-state index is 0.211. The van der Waals surface area contributed by atoms with Gasteiger partial charge in [-0.05, 0) is 52.5 Å². The molecule has 2 heterocycles. The number of hydrogen-bond donors (Lipinski definition) is 1. The van der Waals surface area contributed by atoms with E-state index in [2.05, 4.69) is 56.8 Å². The van der Waals surface area contributed by atoms with Gasteiger partial charge in [0.2, 0.25) is 5.91 Å². The molecule has 0 spiro atoms. The maximum absolute atomic E-state index is 13.0. The van der Waals surface area contributed by atoms with Gasteiger partial charge in [-0.15, -0.1) is 0 Å². The van der Waals surface area contributed by atoms with Crippen LogP contribution in [0.3, 0.4) is 0 Å². The molecule has 4 heteroatoms. The molecule has 2 aliphatic heterocycles. The molecule has 2 saturated heterocycles. The summed E-state index contributed by atoms with van der Waals surface area (Å²) in [7, 11) is 2.19. The zero-order valence-corrected chi connectivity index (χ0v) is 14.6. The van der Waals surface area contributed by atoms with Crippen LogP contribution in [0.2, 0.25) is 0 Å². The van der Waals surface area contributed by atoms with Gasteiger partial charge in [0.1, 0.15) is 0 Å². The van der Waals surface area contributed by atoms with E-state index >= 15 is 0 Å². The maximum Gasteiger partial charge on any atom is 0.244 e. The van der Waals surface area contributed by atoms with E-state index in [0.29, 0.717) is 23.9 Å². The van der Waals surface area contributed by atoms with Gasteiger partial charge in [-0.25, -0.2) is 0 Å². The second-order valence-electron chi connectivity index (χ2n) is 7.70. The van der Waals surface area contributed by atoms with Crippen LogP contribution >= 0.6 is 0 Å². The largest absolute Gasteiger partial charge is 0.322 e. The summed E-state index contributed by atoms with van der Waals surface area (Å²) in [4.78, 5) is 17.6. The fourth-order valence-electron chi connectivity index (χ4n) is 3.74. The number of rotatable bonds is 4. The Balaban J connectivity index is 2.18. The molecule has 21 heavy (non-hydrogen) atoms. The Labute approximate surface area is 130 Å². The van der Waals surface area contributed by atoms with Crippen LogP contribution in [0.1, 0.15) is 60.3 Å². The van der Waals surface area contributed by atoms with Crippen LogP contribution in [-0.2, 0) is 4.79 Å². The molecule has 1 amide bonds. The topological polar surface area (TPSA) is 35.6 Å². The summed E-state index contributed by atoms with van der Waals surface area (Å²) in [5, 5.41) is 3.63. The second-order valence-corrected chi connectivity index (χ2v) is 7.70. The van der Waals surface area contributed by atoms with E-state index in [1.165, 1.54) is 0 Å². The molecule has 1 N–H and O–H groups in total. The number of nitrogens with one attached hydrogen (secondary N) is 1. The van der Waals surface area contributed by atoms with Gasteiger partial charge in [0, 0.05) is 18.6 Å². The number of nitrogens with zero attached hydrogens (tertiary/aromatic N) is 2. The van der Waals surface area contributed by atoms with E-state index < -0.39 is 0 Å². The highest BCUT2D eigenvalue weighted by Crippen LogP contribution is 2.32. The SMILES string of the molecule is CCC1(C)NC(CC(C)C)N(C2CCN(C)C(C)C2)C1=O. The lowest BCUT2D eigenvalue weighted by Crippen LogP contribution is -2.52. The Morgan fingerprint density at radius 2 is 2.10 bits per heavy atom. The van der Waals surface area contributed by atoms with Crippen molar-refractivity contribution in [2.75, 3.05) is 13.6 Å². The van der Waals surface area contributed by atoms with Crippen LogP contribution in [0.15, 0.2) is 0 Å². The van der Waals surface area contributed by atoms with Gasteiger partial charge in [0.05, 0.1) is 11.7 Å². The van der Waals surface area contributed by atoms with Crippen LogP contribution in [0.5, 0.6) is 0 Å². The van der Waals surface area contributed by atoms with Crippen molar-refractivity contribution < 1.29 is 4.79 Å². The van der Waals surface area contributed by atoms with Gasteiger partial charge in [0.15, 0.2) is 0 Å². The van der Waals surface area contributed by atoms with Crippen molar-refractivity contribution in [3.05, 3.63) is 0 Å². The van der Waals surface area contributed by atoms with Crippen LogP contribution in [0.25, 0.3) is 0 Å². The molecule has 4 nitrogen and oxygen atoms in total. The van der Waals surface area contributed by atoms with Crippen LogP contribution in [0.4, 0.5) is 0 Å². The molecule has 0 radical (unpaired) electrons. The zero-order chi connectivity index (χ0) is 15.8. The highest BCUT2D eigenvalue weighted by atomic mass is 16.2. The predicted molar refractivity (Wildman–Crippen MR) is 87.0 cm³/mol. The maximum atomic E-state index is 13.0. The molecule has 0 aromatic heterocycles. The monoisotopic (exact) mass is 295 g/mol. The second kappa shape index (κ2) is 6.25. The number of carbonyl (C=O) groups is 1. The molecule has 2 aliphatic rings. The fourth-order valence-corrected chi connectivity index (χ4v) is 3.74. The standard InChI is InChI=1S/C17H33N3O/c1-7-17(5)16(21)20(15(18-17)10-12(2)3)14-8-9-19(6)13(4)11-14/h12-15,18H,7-11H2,1-6H3. The summed E-state index contributed by atoms with van der Waals surface area (Å²) in [6.45, 7) is 12.0. The molecule has 2 rings (SSSR count). The van der Waals surface area contributed by atoms with Crippen LogP contribution in [-0.4, -0.2) is 53.1 Å². The van der Waals surface area contributed by atoms with E-state index in [-0.39, 0.29) is 11.7 Å². The molecule has 0 bridgehead atoms. The van der Waals surface area contributed by atoms with Crippen molar-refractivity contribution in [1.82, 2.24) is 15.1 Å². The number of piperidine rings is 1. The Bertz CT molecular complexity index is 384. The molecule has 4 unspecified atom stereocenters. The van der Waals surface area contributed by atoms with E-state index in [1.54, 1.807) is 0 Å². The van der Waals surface area contributed by atoms with Gasteiger partial charge >= 0.3 is 0 Å². The molecular weight excluding hydrogens is 262 g/mol. The minimum atomic E-state index is -0.369. The molecule has 0 aromatic carbocycles. The average Bonchev–Trinajstić information content (AvgIpc) is 2.65. The molecule has 0 aliphatic carbocycles. The van der Waals surface area contributed by atoms with Gasteiger partial charge in [0.25, 0.3) is 0 Å². The average molecular weight is 295 g/mol. The van der Waals surface area contributed by atoms with Crippen molar-refractivity contribution in [1.29, 1.82) is 0 Å². The number of hydrogen-bond acceptors (Lipinski definition) is 3. The first-order valence-corrected chi connectivity index (χ1v) is 8.59. The normalized spacial score (nSPS) is 38.5. The third kappa shape index (κ3) is 3.26. The predicted octanol–water partition coefficient (Wildman–Crippen LogP) is 2.44. The van der Waals surface area contributed by atoms with Crippen molar-refractivity contribution in [3.63, 3.8) is 0 Å². The molecule has 122 valence electrons. The smallest absolute Gasteiger partial charge is 0.244 e. The Morgan fingerprint density at radius 3 is 2.62 bits per heavy atom.